The number of aryl methyl sites for hydroxylation is 1. The van der Waals surface area contributed by atoms with Crippen LogP contribution < -0.4 is 5.32 Å². The number of nitrogens with zero attached hydrogens (tertiary/aromatic N) is 3. The first-order valence-corrected chi connectivity index (χ1v) is 6.60. The molecule has 5 heteroatoms. The first-order valence-electron chi connectivity index (χ1n) is 6.60. The number of benzene rings is 1. The predicted molar refractivity (Wildman–Crippen MR) is 72.4 cm³/mol. The van der Waals surface area contributed by atoms with Crippen molar-refractivity contribution in [2.45, 2.75) is 19.4 Å². The lowest BCUT2D eigenvalue weighted by Crippen LogP contribution is -2.42. The summed E-state index contributed by atoms with van der Waals surface area (Å²) in [6, 6.07) is 6.84. The van der Waals surface area contributed by atoms with Gasteiger partial charge in [0.1, 0.15) is 0 Å². The molecule has 1 fully saturated rings. The highest BCUT2D eigenvalue weighted by molar-refractivity contribution is 5.42. The van der Waals surface area contributed by atoms with Crippen LogP contribution in [0.15, 0.2) is 30.6 Å². The van der Waals surface area contributed by atoms with Gasteiger partial charge in [-0.2, -0.15) is 15.0 Å². The Hall–Kier alpha value is -1.72. The van der Waals surface area contributed by atoms with E-state index in [2.05, 4.69) is 40.6 Å². The van der Waals surface area contributed by atoms with E-state index in [1.807, 2.05) is 0 Å². The average molecular weight is 258 g/mol. The fourth-order valence-electron chi connectivity index (χ4n) is 2.37. The zero-order chi connectivity index (χ0) is 13.1. The third kappa shape index (κ3) is 2.83. The Labute approximate surface area is 112 Å². The van der Waals surface area contributed by atoms with Crippen molar-refractivity contribution in [1.29, 1.82) is 0 Å². The van der Waals surface area contributed by atoms with Crippen LogP contribution in [0.5, 0.6) is 0 Å². The van der Waals surface area contributed by atoms with Crippen molar-refractivity contribution in [3.8, 4) is 5.69 Å². The second-order valence-corrected chi connectivity index (χ2v) is 4.87. The highest BCUT2D eigenvalue weighted by Crippen LogP contribution is 2.16. The number of morpholine rings is 1. The number of rotatable bonds is 3. The quantitative estimate of drug-likeness (QED) is 0.896. The summed E-state index contributed by atoms with van der Waals surface area (Å²) >= 11 is 0. The summed E-state index contributed by atoms with van der Waals surface area (Å²) in [5, 5.41) is 11.9. The van der Waals surface area contributed by atoms with E-state index in [1.54, 1.807) is 17.2 Å². The summed E-state index contributed by atoms with van der Waals surface area (Å²) in [4.78, 5) is 1.67. The van der Waals surface area contributed by atoms with E-state index in [0.29, 0.717) is 6.04 Å². The van der Waals surface area contributed by atoms with Gasteiger partial charge in [-0.3, -0.25) is 0 Å². The van der Waals surface area contributed by atoms with Gasteiger partial charge in [0.05, 0.1) is 31.3 Å². The van der Waals surface area contributed by atoms with E-state index in [1.165, 1.54) is 11.1 Å². The molecule has 5 nitrogen and oxygen atoms in total. The van der Waals surface area contributed by atoms with Gasteiger partial charge in [-0.25, -0.2) is 0 Å². The average Bonchev–Trinajstić information content (AvgIpc) is 2.96. The smallest absolute Gasteiger partial charge is 0.0888 e. The van der Waals surface area contributed by atoms with Crippen molar-refractivity contribution in [3.05, 3.63) is 41.7 Å². The molecule has 3 rings (SSSR count). The molecule has 0 aliphatic carbocycles. The van der Waals surface area contributed by atoms with E-state index in [9.17, 15) is 0 Å². The van der Waals surface area contributed by atoms with Crippen LogP contribution in [0, 0.1) is 6.92 Å². The van der Waals surface area contributed by atoms with Gasteiger partial charge in [0.15, 0.2) is 0 Å². The highest BCUT2D eigenvalue weighted by atomic mass is 16.5. The molecule has 0 saturated carbocycles. The van der Waals surface area contributed by atoms with Crippen LogP contribution in [0.4, 0.5) is 0 Å². The Morgan fingerprint density at radius 2 is 2.21 bits per heavy atom. The van der Waals surface area contributed by atoms with Crippen LogP contribution in [0.25, 0.3) is 5.69 Å². The number of aromatic nitrogens is 3. The lowest BCUT2D eigenvalue weighted by molar-refractivity contribution is 0.0770. The van der Waals surface area contributed by atoms with Crippen molar-refractivity contribution in [1.82, 2.24) is 20.3 Å². The largest absolute Gasteiger partial charge is 0.379 e. The lowest BCUT2D eigenvalue weighted by Gasteiger charge is -2.24. The molecule has 1 aliphatic rings. The molecule has 1 saturated heterocycles. The molecule has 1 aromatic heterocycles. The number of nitrogens with one attached hydrogen (secondary N) is 1. The SMILES string of the molecule is Cc1ccc(C[C@@H]2COCCN2)cc1-n1nccn1. The first kappa shape index (κ1) is 12.3. The van der Waals surface area contributed by atoms with Crippen LogP contribution in [0.1, 0.15) is 11.1 Å². The Morgan fingerprint density at radius 3 is 2.95 bits per heavy atom. The van der Waals surface area contributed by atoms with Gasteiger partial charge in [0.25, 0.3) is 0 Å². The van der Waals surface area contributed by atoms with Gasteiger partial charge >= 0.3 is 0 Å². The van der Waals surface area contributed by atoms with Gasteiger partial charge in [-0.15, -0.1) is 0 Å². The molecule has 2 heterocycles. The maximum Gasteiger partial charge on any atom is 0.0888 e. The minimum Gasteiger partial charge on any atom is -0.379 e. The van der Waals surface area contributed by atoms with E-state index in [0.717, 1.165) is 31.9 Å². The molecule has 0 unspecified atom stereocenters. The topological polar surface area (TPSA) is 52.0 Å². The van der Waals surface area contributed by atoms with E-state index in [4.69, 9.17) is 4.74 Å². The van der Waals surface area contributed by atoms with E-state index in [-0.39, 0.29) is 0 Å². The Balaban J connectivity index is 1.81. The lowest BCUT2D eigenvalue weighted by atomic mass is 10.0. The third-order valence-corrected chi connectivity index (χ3v) is 3.39. The molecule has 1 aliphatic heterocycles. The summed E-state index contributed by atoms with van der Waals surface area (Å²) in [5.74, 6) is 0. The molecule has 0 spiro atoms. The molecule has 0 radical (unpaired) electrons. The third-order valence-electron chi connectivity index (χ3n) is 3.39. The summed E-state index contributed by atoms with van der Waals surface area (Å²) in [6.45, 7) is 4.60. The van der Waals surface area contributed by atoms with Crippen LogP contribution in [-0.2, 0) is 11.2 Å². The zero-order valence-corrected chi connectivity index (χ0v) is 11.0. The first-order chi connectivity index (χ1) is 9.33. The van der Waals surface area contributed by atoms with Crippen LogP contribution >= 0.6 is 0 Å². The Morgan fingerprint density at radius 1 is 1.37 bits per heavy atom. The van der Waals surface area contributed by atoms with Crippen molar-refractivity contribution >= 4 is 0 Å². The fourth-order valence-corrected chi connectivity index (χ4v) is 2.37. The summed E-state index contributed by atoms with van der Waals surface area (Å²) < 4.78 is 5.49. The second-order valence-electron chi connectivity index (χ2n) is 4.87. The Kier molecular flexibility index (Phi) is 3.57. The van der Waals surface area contributed by atoms with Crippen molar-refractivity contribution in [3.63, 3.8) is 0 Å². The molecule has 100 valence electrons. The van der Waals surface area contributed by atoms with Crippen LogP contribution in [0.2, 0.25) is 0 Å². The van der Waals surface area contributed by atoms with Gasteiger partial charge < -0.3 is 10.1 Å². The summed E-state index contributed by atoms with van der Waals surface area (Å²) in [5.41, 5.74) is 3.49. The molecule has 2 aromatic rings. The molecule has 1 N–H and O–H groups in total. The van der Waals surface area contributed by atoms with Crippen molar-refractivity contribution in [2.75, 3.05) is 19.8 Å². The maximum atomic E-state index is 5.49. The van der Waals surface area contributed by atoms with Crippen LogP contribution in [0.3, 0.4) is 0 Å². The van der Waals surface area contributed by atoms with Gasteiger partial charge in [-0.05, 0) is 30.5 Å². The van der Waals surface area contributed by atoms with Gasteiger partial charge in [0.2, 0.25) is 0 Å². The molecule has 1 atom stereocenters. The standard InChI is InChI=1S/C14H18N4O/c1-11-2-3-12(8-13-10-19-7-6-15-13)9-14(11)18-16-4-5-17-18/h2-5,9,13,15H,6-8,10H2,1H3/t13-/m1/s1. The monoisotopic (exact) mass is 258 g/mol. The number of hydrogen-bond donors (Lipinski definition) is 1. The highest BCUT2D eigenvalue weighted by Gasteiger charge is 2.14. The maximum absolute atomic E-state index is 5.49. The van der Waals surface area contributed by atoms with Crippen molar-refractivity contribution in [2.24, 2.45) is 0 Å². The molecule has 19 heavy (non-hydrogen) atoms. The number of ether oxygens (including phenoxy) is 1. The number of hydrogen-bond acceptors (Lipinski definition) is 4. The normalized spacial score (nSPS) is 19.5. The molecule has 0 amide bonds. The molecule has 1 aromatic carbocycles. The van der Waals surface area contributed by atoms with Crippen molar-refractivity contribution < 1.29 is 4.74 Å². The molecular weight excluding hydrogens is 240 g/mol. The minimum absolute atomic E-state index is 0.398. The summed E-state index contributed by atoms with van der Waals surface area (Å²) in [6.07, 6.45) is 4.36. The van der Waals surface area contributed by atoms with E-state index < -0.39 is 0 Å². The molecule has 0 bridgehead atoms. The second kappa shape index (κ2) is 5.50. The Bertz CT molecular complexity index is 532. The van der Waals surface area contributed by atoms with Crippen LogP contribution in [-0.4, -0.2) is 40.8 Å². The summed E-state index contributed by atoms with van der Waals surface area (Å²) in [7, 11) is 0. The molecular formula is C14H18N4O. The van der Waals surface area contributed by atoms with E-state index >= 15 is 0 Å². The van der Waals surface area contributed by atoms with Gasteiger partial charge in [-0.1, -0.05) is 12.1 Å². The van der Waals surface area contributed by atoms with Gasteiger partial charge in [0, 0.05) is 12.6 Å². The minimum atomic E-state index is 0.398. The fraction of sp³-hybridized carbons (Fsp3) is 0.429. The predicted octanol–water partition coefficient (Wildman–Crippen LogP) is 1.11. The zero-order valence-electron chi connectivity index (χ0n) is 11.0.